The Hall–Kier alpha value is -1.07. The first-order chi connectivity index (χ1) is 13.8. The first-order valence-corrected chi connectivity index (χ1v) is 12.3. The molecular weight excluding hydrogens is 515 g/mol. The standard InChI is InChI=1S/C21H34N4O3S.HI/c1-16-4-7-19(20(12-16)28-15-18-5-6-18)14-24-21(22-2)23-13-17-8-10-25(11-9-17)29(3,26)27;/h4,7,12,17-18H,5-6,8-11,13-15H2,1-3H3,(H2,22,23,24);1H. The van der Waals surface area contributed by atoms with Crippen molar-refractivity contribution in [2.45, 2.75) is 39.2 Å². The molecule has 0 amide bonds. The summed E-state index contributed by atoms with van der Waals surface area (Å²) < 4.78 is 30.9. The number of aliphatic imine (C=N–C) groups is 1. The topological polar surface area (TPSA) is 83.0 Å². The Labute approximate surface area is 198 Å². The molecular formula is C21H35IN4O3S. The minimum atomic E-state index is -3.07. The predicted octanol–water partition coefficient (Wildman–Crippen LogP) is 2.74. The first-order valence-electron chi connectivity index (χ1n) is 10.5. The number of halogens is 1. The molecule has 30 heavy (non-hydrogen) atoms. The molecule has 1 aromatic rings. The number of ether oxygens (including phenoxy) is 1. The second-order valence-corrected chi connectivity index (χ2v) is 10.3. The van der Waals surface area contributed by atoms with Crippen molar-refractivity contribution in [3.05, 3.63) is 29.3 Å². The van der Waals surface area contributed by atoms with Gasteiger partial charge in [0, 0.05) is 38.8 Å². The molecule has 0 unspecified atom stereocenters. The molecule has 0 aromatic heterocycles. The van der Waals surface area contributed by atoms with Crippen molar-refractivity contribution in [3.63, 3.8) is 0 Å². The van der Waals surface area contributed by atoms with Crippen molar-refractivity contribution in [1.29, 1.82) is 0 Å². The molecule has 0 bridgehead atoms. The molecule has 1 saturated carbocycles. The lowest BCUT2D eigenvalue weighted by atomic mass is 9.98. The van der Waals surface area contributed by atoms with E-state index in [1.54, 1.807) is 11.4 Å². The van der Waals surface area contributed by atoms with Crippen LogP contribution in [0.3, 0.4) is 0 Å². The van der Waals surface area contributed by atoms with Gasteiger partial charge in [0.1, 0.15) is 5.75 Å². The molecule has 2 aliphatic rings. The Morgan fingerprint density at radius 2 is 1.87 bits per heavy atom. The Morgan fingerprint density at radius 3 is 2.47 bits per heavy atom. The molecule has 2 fully saturated rings. The number of sulfonamides is 1. The highest BCUT2D eigenvalue weighted by molar-refractivity contribution is 14.0. The van der Waals surface area contributed by atoms with Crippen molar-refractivity contribution >= 4 is 40.0 Å². The lowest BCUT2D eigenvalue weighted by molar-refractivity contribution is 0.274. The van der Waals surface area contributed by atoms with Crippen LogP contribution in [0.2, 0.25) is 0 Å². The molecule has 0 radical (unpaired) electrons. The van der Waals surface area contributed by atoms with Gasteiger partial charge in [0.2, 0.25) is 10.0 Å². The van der Waals surface area contributed by atoms with Crippen LogP contribution < -0.4 is 15.4 Å². The van der Waals surface area contributed by atoms with Gasteiger partial charge in [-0.3, -0.25) is 4.99 Å². The fourth-order valence-corrected chi connectivity index (χ4v) is 4.39. The summed E-state index contributed by atoms with van der Waals surface area (Å²) in [6.07, 6.45) is 5.57. The molecule has 2 N–H and O–H groups in total. The van der Waals surface area contributed by atoms with Crippen molar-refractivity contribution in [2.24, 2.45) is 16.8 Å². The number of aryl methyl sites for hydroxylation is 1. The SMILES string of the molecule is CN=C(NCc1ccc(C)cc1OCC1CC1)NCC1CCN(S(C)(=O)=O)CC1.I. The number of nitrogens with one attached hydrogen (secondary N) is 2. The van der Waals surface area contributed by atoms with Gasteiger partial charge >= 0.3 is 0 Å². The molecule has 1 heterocycles. The van der Waals surface area contributed by atoms with Crippen molar-refractivity contribution in [1.82, 2.24) is 14.9 Å². The third kappa shape index (κ3) is 7.88. The number of benzene rings is 1. The molecule has 170 valence electrons. The Kier molecular flexibility index (Phi) is 9.67. The van der Waals surface area contributed by atoms with Crippen LogP contribution in [-0.4, -0.2) is 58.2 Å². The van der Waals surface area contributed by atoms with E-state index in [1.807, 2.05) is 0 Å². The molecule has 1 aliphatic carbocycles. The Bertz CT molecular complexity index is 820. The maximum absolute atomic E-state index is 11.6. The number of nitrogens with zero attached hydrogens (tertiary/aromatic N) is 2. The van der Waals surface area contributed by atoms with Gasteiger partial charge in [-0.05, 0) is 56.1 Å². The van der Waals surface area contributed by atoms with Crippen LogP contribution in [0.1, 0.15) is 36.8 Å². The fraction of sp³-hybridized carbons (Fsp3) is 0.667. The maximum atomic E-state index is 11.6. The van der Waals surface area contributed by atoms with Crippen LogP contribution in [0.25, 0.3) is 0 Å². The van der Waals surface area contributed by atoms with Gasteiger partial charge in [-0.25, -0.2) is 12.7 Å². The molecule has 7 nitrogen and oxygen atoms in total. The van der Waals surface area contributed by atoms with E-state index < -0.39 is 10.0 Å². The van der Waals surface area contributed by atoms with E-state index in [0.29, 0.717) is 25.6 Å². The van der Waals surface area contributed by atoms with Gasteiger partial charge in [0.05, 0.1) is 12.9 Å². The third-order valence-electron chi connectivity index (χ3n) is 5.66. The number of hydrogen-bond donors (Lipinski definition) is 2. The highest BCUT2D eigenvalue weighted by Crippen LogP contribution is 2.30. The van der Waals surface area contributed by atoms with Gasteiger partial charge in [-0.1, -0.05) is 12.1 Å². The zero-order valence-corrected chi connectivity index (χ0v) is 21.3. The summed E-state index contributed by atoms with van der Waals surface area (Å²) in [4.78, 5) is 4.32. The second kappa shape index (κ2) is 11.5. The van der Waals surface area contributed by atoms with E-state index in [1.165, 1.54) is 24.7 Å². The van der Waals surface area contributed by atoms with Gasteiger partial charge < -0.3 is 15.4 Å². The second-order valence-electron chi connectivity index (χ2n) is 8.28. The monoisotopic (exact) mass is 550 g/mol. The molecule has 1 saturated heterocycles. The summed E-state index contributed by atoms with van der Waals surface area (Å²) in [7, 11) is -1.31. The predicted molar refractivity (Wildman–Crippen MR) is 132 cm³/mol. The summed E-state index contributed by atoms with van der Waals surface area (Å²) in [6, 6.07) is 6.32. The lowest BCUT2D eigenvalue weighted by Crippen LogP contribution is -2.43. The smallest absolute Gasteiger partial charge is 0.211 e. The number of hydrogen-bond acceptors (Lipinski definition) is 4. The first kappa shape index (κ1) is 25.2. The van der Waals surface area contributed by atoms with E-state index in [9.17, 15) is 8.42 Å². The van der Waals surface area contributed by atoms with Crippen LogP contribution in [0.5, 0.6) is 5.75 Å². The van der Waals surface area contributed by atoms with Crippen molar-refractivity contribution in [2.75, 3.05) is 39.5 Å². The van der Waals surface area contributed by atoms with E-state index in [0.717, 1.165) is 49.2 Å². The zero-order valence-electron chi connectivity index (χ0n) is 18.2. The van der Waals surface area contributed by atoms with Crippen LogP contribution in [-0.2, 0) is 16.6 Å². The van der Waals surface area contributed by atoms with Gasteiger partial charge in [-0.2, -0.15) is 0 Å². The molecule has 1 aliphatic heterocycles. The highest BCUT2D eigenvalue weighted by Gasteiger charge is 2.25. The lowest BCUT2D eigenvalue weighted by Gasteiger charge is -2.30. The quantitative estimate of drug-likeness (QED) is 0.296. The van der Waals surface area contributed by atoms with Crippen LogP contribution in [0.15, 0.2) is 23.2 Å². The molecule has 0 spiro atoms. The average molecular weight is 551 g/mol. The van der Waals surface area contributed by atoms with Crippen molar-refractivity contribution in [3.8, 4) is 5.75 Å². The Balaban J connectivity index is 0.00000320. The summed E-state index contributed by atoms with van der Waals surface area (Å²) in [5, 5.41) is 6.76. The van der Waals surface area contributed by atoms with Gasteiger partial charge in [0.25, 0.3) is 0 Å². The van der Waals surface area contributed by atoms with Gasteiger partial charge in [-0.15, -0.1) is 24.0 Å². The minimum absolute atomic E-state index is 0. The molecule has 1 aromatic carbocycles. The van der Waals surface area contributed by atoms with Crippen LogP contribution in [0, 0.1) is 18.8 Å². The molecule has 9 heteroatoms. The summed E-state index contributed by atoms with van der Waals surface area (Å²) in [5.74, 6) is 2.88. The summed E-state index contributed by atoms with van der Waals surface area (Å²) in [6.45, 7) is 5.51. The number of piperidine rings is 1. The number of guanidine groups is 1. The largest absolute Gasteiger partial charge is 0.493 e. The Morgan fingerprint density at radius 1 is 1.17 bits per heavy atom. The minimum Gasteiger partial charge on any atom is -0.493 e. The molecule has 0 atom stereocenters. The van der Waals surface area contributed by atoms with E-state index in [-0.39, 0.29) is 24.0 Å². The van der Waals surface area contributed by atoms with Crippen LogP contribution >= 0.6 is 24.0 Å². The average Bonchev–Trinajstić information content (AvgIpc) is 3.52. The van der Waals surface area contributed by atoms with Crippen LogP contribution in [0.4, 0.5) is 0 Å². The van der Waals surface area contributed by atoms with E-state index in [2.05, 4.69) is 40.7 Å². The highest BCUT2D eigenvalue weighted by atomic mass is 127. The third-order valence-corrected chi connectivity index (χ3v) is 6.97. The van der Waals surface area contributed by atoms with E-state index >= 15 is 0 Å². The zero-order chi connectivity index (χ0) is 20.9. The van der Waals surface area contributed by atoms with E-state index in [4.69, 9.17) is 4.74 Å². The fourth-order valence-electron chi connectivity index (χ4n) is 3.52. The van der Waals surface area contributed by atoms with Crippen molar-refractivity contribution < 1.29 is 13.2 Å². The van der Waals surface area contributed by atoms with Gasteiger partial charge in [0.15, 0.2) is 5.96 Å². The maximum Gasteiger partial charge on any atom is 0.211 e. The summed E-state index contributed by atoms with van der Waals surface area (Å²) in [5.41, 5.74) is 2.32. The summed E-state index contributed by atoms with van der Waals surface area (Å²) >= 11 is 0. The number of rotatable bonds is 8. The normalized spacial score (nSPS) is 18.6. The molecule has 3 rings (SSSR count).